The van der Waals surface area contributed by atoms with Crippen molar-refractivity contribution in [2.75, 3.05) is 23.3 Å². The van der Waals surface area contributed by atoms with Gasteiger partial charge in [-0.3, -0.25) is 9.10 Å². The van der Waals surface area contributed by atoms with Gasteiger partial charge in [0.25, 0.3) is 15.9 Å². The predicted octanol–water partition coefficient (Wildman–Crippen LogP) is 4.09. The highest BCUT2D eigenvalue weighted by Crippen LogP contribution is 2.33. The van der Waals surface area contributed by atoms with Gasteiger partial charge in [0.2, 0.25) is 0 Å². The Hall–Kier alpha value is -3.32. The molecule has 154 valence electrons. The third-order valence-corrected chi connectivity index (χ3v) is 6.92. The van der Waals surface area contributed by atoms with Crippen molar-refractivity contribution in [3.8, 4) is 5.75 Å². The second kappa shape index (κ2) is 8.20. The molecule has 1 amide bonds. The highest BCUT2D eigenvalue weighted by Gasteiger charge is 2.29. The number of nitrogens with zero attached hydrogens (tertiary/aromatic N) is 1. The smallest absolute Gasteiger partial charge is 0.264 e. The monoisotopic (exact) mass is 422 g/mol. The van der Waals surface area contributed by atoms with E-state index in [9.17, 15) is 13.2 Å². The maximum absolute atomic E-state index is 13.1. The van der Waals surface area contributed by atoms with E-state index in [1.54, 1.807) is 79.9 Å². The second-order valence-corrected chi connectivity index (χ2v) is 8.88. The Morgan fingerprint density at radius 2 is 1.73 bits per heavy atom. The van der Waals surface area contributed by atoms with Crippen LogP contribution >= 0.6 is 0 Å². The topological polar surface area (TPSA) is 75.7 Å². The SMILES string of the molecule is COc1ccc(NC(=O)c2ccc3c(c2)CCCN3S(=O)(=O)c2ccccc2)cc1. The van der Waals surface area contributed by atoms with Gasteiger partial charge in [-0.15, -0.1) is 0 Å². The van der Waals surface area contributed by atoms with Crippen LogP contribution in [0, 0.1) is 0 Å². The van der Waals surface area contributed by atoms with Gasteiger partial charge in [-0.1, -0.05) is 18.2 Å². The average Bonchev–Trinajstić information content (AvgIpc) is 2.79. The van der Waals surface area contributed by atoms with Gasteiger partial charge >= 0.3 is 0 Å². The van der Waals surface area contributed by atoms with Gasteiger partial charge in [0, 0.05) is 17.8 Å². The summed E-state index contributed by atoms with van der Waals surface area (Å²) in [5.74, 6) is 0.465. The largest absolute Gasteiger partial charge is 0.497 e. The molecule has 0 unspecified atom stereocenters. The first-order valence-electron chi connectivity index (χ1n) is 9.65. The number of ether oxygens (including phenoxy) is 1. The zero-order valence-corrected chi connectivity index (χ0v) is 17.4. The Balaban J connectivity index is 1.59. The van der Waals surface area contributed by atoms with Crippen LogP contribution in [0.1, 0.15) is 22.3 Å². The van der Waals surface area contributed by atoms with Crippen molar-refractivity contribution in [2.24, 2.45) is 0 Å². The van der Waals surface area contributed by atoms with Crippen molar-refractivity contribution in [3.05, 3.63) is 83.9 Å². The third kappa shape index (κ3) is 3.89. The van der Waals surface area contributed by atoms with E-state index in [2.05, 4.69) is 5.32 Å². The van der Waals surface area contributed by atoms with Crippen molar-refractivity contribution in [2.45, 2.75) is 17.7 Å². The molecular formula is C23H22N2O4S. The first-order chi connectivity index (χ1) is 14.5. The lowest BCUT2D eigenvalue weighted by Gasteiger charge is -2.30. The van der Waals surface area contributed by atoms with Crippen LogP contribution in [0.25, 0.3) is 0 Å². The second-order valence-electron chi connectivity index (χ2n) is 7.02. The van der Waals surface area contributed by atoms with Crippen LogP contribution in [0.15, 0.2) is 77.7 Å². The molecule has 0 aromatic heterocycles. The maximum Gasteiger partial charge on any atom is 0.264 e. The van der Waals surface area contributed by atoms with Crippen molar-refractivity contribution in [1.82, 2.24) is 0 Å². The summed E-state index contributed by atoms with van der Waals surface area (Å²) < 4.78 is 32.8. The number of carbonyl (C=O) groups excluding carboxylic acids is 1. The summed E-state index contributed by atoms with van der Waals surface area (Å²) >= 11 is 0. The molecule has 0 bridgehead atoms. The number of sulfonamides is 1. The van der Waals surface area contributed by atoms with Crippen molar-refractivity contribution in [1.29, 1.82) is 0 Å². The number of rotatable bonds is 5. The quantitative estimate of drug-likeness (QED) is 0.672. The molecule has 0 radical (unpaired) electrons. The van der Waals surface area contributed by atoms with Crippen LogP contribution < -0.4 is 14.4 Å². The zero-order chi connectivity index (χ0) is 21.1. The van der Waals surface area contributed by atoms with E-state index >= 15 is 0 Å². The summed E-state index contributed by atoms with van der Waals surface area (Å²) in [4.78, 5) is 12.9. The number of anilines is 2. The molecule has 0 fully saturated rings. The fraction of sp³-hybridized carbons (Fsp3) is 0.174. The molecule has 3 aromatic carbocycles. The van der Waals surface area contributed by atoms with E-state index in [0.717, 1.165) is 12.0 Å². The highest BCUT2D eigenvalue weighted by atomic mass is 32.2. The Labute approximate surface area is 176 Å². The molecule has 1 heterocycles. The average molecular weight is 423 g/mol. The van der Waals surface area contributed by atoms with E-state index in [0.29, 0.717) is 35.7 Å². The molecule has 0 atom stereocenters. The Morgan fingerprint density at radius 3 is 2.43 bits per heavy atom. The van der Waals surface area contributed by atoms with E-state index < -0.39 is 10.0 Å². The van der Waals surface area contributed by atoms with Gasteiger partial charge in [0.15, 0.2) is 0 Å². The Kier molecular flexibility index (Phi) is 5.46. The number of nitrogens with one attached hydrogen (secondary N) is 1. The molecule has 0 saturated carbocycles. The molecule has 0 spiro atoms. The first-order valence-corrected chi connectivity index (χ1v) is 11.1. The Bertz CT molecular complexity index is 1160. The van der Waals surface area contributed by atoms with Crippen LogP contribution in [-0.2, 0) is 16.4 Å². The molecule has 6 nitrogen and oxygen atoms in total. The lowest BCUT2D eigenvalue weighted by atomic mass is 10.0. The van der Waals surface area contributed by atoms with E-state index in [1.165, 1.54) is 4.31 Å². The minimum absolute atomic E-state index is 0.244. The standard InChI is InChI=1S/C23H22N2O4S/c1-29-20-12-10-19(11-13-20)24-23(26)18-9-14-22-17(16-18)6-5-15-25(22)30(27,28)21-7-3-2-4-8-21/h2-4,7-14,16H,5-6,15H2,1H3,(H,24,26). The summed E-state index contributed by atoms with van der Waals surface area (Å²) in [7, 11) is -2.06. The normalized spacial score (nSPS) is 13.4. The van der Waals surface area contributed by atoms with Crippen molar-refractivity contribution < 1.29 is 17.9 Å². The van der Waals surface area contributed by atoms with Crippen molar-refractivity contribution in [3.63, 3.8) is 0 Å². The molecule has 3 aromatic rings. The molecule has 0 saturated heterocycles. The summed E-state index contributed by atoms with van der Waals surface area (Å²) in [6.45, 7) is 0.418. The lowest BCUT2D eigenvalue weighted by Crippen LogP contribution is -2.35. The summed E-state index contributed by atoms with van der Waals surface area (Å²) in [6, 6.07) is 20.7. The lowest BCUT2D eigenvalue weighted by molar-refractivity contribution is 0.102. The number of hydrogen-bond acceptors (Lipinski definition) is 4. The van der Waals surface area contributed by atoms with Gasteiger partial charge in [-0.2, -0.15) is 0 Å². The number of benzene rings is 3. The van der Waals surface area contributed by atoms with Crippen LogP contribution in [0.5, 0.6) is 5.75 Å². The minimum Gasteiger partial charge on any atom is -0.497 e. The van der Waals surface area contributed by atoms with Gasteiger partial charge in [0.05, 0.1) is 17.7 Å². The van der Waals surface area contributed by atoms with Crippen molar-refractivity contribution >= 4 is 27.3 Å². The molecule has 1 aliphatic rings. The van der Waals surface area contributed by atoms with Gasteiger partial charge in [-0.05, 0) is 73.0 Å². The molecule has 4 rings (SSSR count). The molecule has 30 heavy (non-hydrogen) atoms. The number of aryl methyl sites for hydroxylation is 1. The Morgan fingerprint density at radius 1 is 1.00 bits per heavy atom. The number of carbonyl (C=O) groups is 1. The van der Waals surface area contributed by atoms with E-state index in [-0.39, 0.29) is 10.8 Å². The number of amides is 1. The predicted molar refractivity (Wildman–Crippen MR) is 117 cm³/mol. The van der Waals surface area contributed by atoms with Crippen LogP contribution in [0.3, 0.4) is 0 Å². The van der Waals surface area contributed by atoms with E-state index in [1.807, 2.05) is 0 Å². The van der Waals surface area contributed by atoms with Gasteiger partial charge < -0.3 is 10.1 Å². The first kappa shape index (κ1) is 20.0. The molecular weight excluding hydrogens is 400 g/mol. The molecule has 0 aliphatic carbocycles. The summed E-state index contributed by atoms with van der Waals surface area (Å²) in [5.41, 5.74) is 2.63. The van der Waals surface area contributed by atoms with Crippen LogP contribution in [-0.4, -0.2) is 28.0 Å². The minimum atomic E-state index is -3.64. The zero-order valence-electron chi connectivity index (χ0n) is 16.5. The number of fused-ring (bicyclic) bond motifs is 1. The van der Waals surface area contributed by atoms with Crippen LogP contribution in [0.4, 0.5) is 11.4 Å². The summed E-state index contributed by atoms with van der Waals surface area (Å²) in [6.07, 6.45) is 1.42. The fourth-order valence-corrected chi connectivity index (χ4v) is 5.11. The summed E-state index contributed by atoms with van der Waals surface area (Å²) in [5, 5.41) is 2.86. The van der Waals surface area contributed by atoms with Gasteiger partial charge in [0.1, 0.15) is 5.75 Å². The third-order valence-electron chi connectivity index (χ3n) is 5.10. The number of hydrogen-bond donors (Lipinski definition) is 1. The molecule has 1 N–H and O–H groups in total. The van der Waals surface area contributed by atoms with E-state index in [4.69, 9.17) is 4.74 Å². The molecule has 7 heteroatoms. The maximum atomic E-state index is 13.1. The fourth-order valence-electron chi connectivity index (χ4n) is 3.55. The van der Waals surface area contributed by atoms with Crippen LogP contribution in [0.2, 0.25) is 0 Å². The molecule has 1 aliphatic heterocycles. The number of methoxy groups -OCH3 is 1. The highest BCUT2D eigenvalue weighted by molar-refractivity contribution is 7.92. The van der Waals surface area contributed by atoms with Gasteiger partial charge in [-0.25, -0.2) is 8.42 Å².